The van der Waals surface area contributed by atoms with Crippen LogP contribution in [-0.4, -0.2) is 38.7 Å². The number of ether oxygens (including phenoxy) is 1. The van der Waals surface area contributed by atoms with Crippen LogP contribution in [0.3, 0.4) is 0 Å². The smallest absolute Gasteiger partial charge is 0.365 e. The van der Waals surface area contributed by atoms with Crippen molar-refractivity contribution in [2.45, 2.75) is 13.6 Å². The zero-order chi connectivity index (χ0) is 18.7. The number of carbonyl (C=O) groups excluding carboxylic acids is 2. The molecular weight excluding hydrogens is 342 g/mol. The van der Waals surface area contributed by atoms with E-state index in [0.29, 0.717) is 16.8 Å². The van der Waals surface area contributed by atoms with Gasteiger partial charge in [-0.05, 0) is 17.7 Å². The van der Waals surface area contributed by atoms with Crippen LogP contribution >= 0.6 is 0 Å². The van der Waals surface area contributed by atoms with Crippen LogP contribution in [0, 0.1) is 0 Å². The van der Waals surface area contributed by atoms with Crippen molar-refractivity contribution in [3.8, 4) is 16.8 Å². The van der Waals surface area contributed by atoms with E-state index in [9.17, 15) is 14.4 Å². The summed E-state index contributed by atoms with van der Waals surface area (Å²) in [7, 11) is 1.26. The SMILES string of the molecule is COC(=O)c1cn(-c2ccc(-c3cn(CNC(C)=O)oc3=O)cc2)nn1. The number of aromatic nitrogens is 4. The molecule has 2 heterocycles. The minimum absolute atomic E-state index is 0.0674. The van der Waals surface area contributed by atoms with Crippen LogP contribution in [-0.2, 0) is 16.2 Å². The molecular formula is C16H15N5O5. The molecule has 26 heavy (non-hydrogen) atoms. The molecule has 0 saturated carbocycles. The minimum Gasteiger partial charge on any atom is -0.464 e. The highest BCUT2D eigenvalue weighted by atomic mass is 16.5. The molecule has 1 aromatic carbocycles. The van der Waals surface area contributed by atoms with E-state index in [1.807, 2.05) is 0 Å². The second-order valence-electron chi connectivity index (χ2n) is 5.32. The predicted molar refractivity (Wildman–Crippen MR) is 88.5 cm³/mol. The van der Waals surface area contributed by atoms with Gasteiger partial charge in [-0.25, -0.2) is 14.3 Å². The zero-order valence-corrected chi connectivity index (χ0v) is 14.0. The van der Waals surface area contributed by atoms with E-state index in [4.69, 9.17) is 4.52 Å². The van der Waals surface area contributed by atoms with Gasteiger partial charge in [0.25, 0.3) is 0 Å². The molecule has 0 aliphatic heterocycles. The van der Waals surface area contributed by atoms with Crippen molar-refractivity contribution in [3.05, 3.63) is 52.8 Å². The topological polar surface area (TPSA) is 121 Å². The van der Waals surface area contributed by atoms with Crippen LogP contribution in [0.5, 0.6) is 0 Å². The van der Waals surface area contributed by atoms with E-state index in [-0.39, 0.29) is 18.3 Å². The van der Waals surface area contributed by atoms with Gasteiger partial charge in [0.05, 0.1) is 30.8 Å². The Balaban J connectivity index is 1.81. The molecule has 10 nitrogen and oxygen atoms in total. The van der Waals surface area contributed by atoms with Gasteiger partial charge in [-0.2, -0.15) is 4.74 Å². The number of esters is 1. The second kappa shape index (κ2) is 7.05. The van der Waals surface area contributed by atoms with Crippen LogP contribution in [0.4, 0.5) is 0 Å². The molecule has 134 valence electrons. The summed E-state index contributed by atoms with van der Waals surface area (Å²) in [6.45, 7) is 1.44. The average Bonchev–Trinajstić information content (AvgIpc) is 3.26. The van der Waals surface area contributed by atoms with Crippen molar-refractivity contribution >= 4 is 11.9 Å². The number of carbonyl (C=O) groups is 2. The molecule has 0 aliphatic carbocycles. The lowest BCUT2D eigenvalue weighted by Gasteiger charge is -2.01. The first-order chi connectivity index (χ1) is 12.5. The van der Waals surface area contributed by atoms with Crippen molar-refractivity contribution < 1.29 is 18.8 Å². The third-order valence-corrected chi connectivity index (χ3v) is 3.51. The fourth-order valence-corrected chi connectivity index (χ4v) is 2.22. The van der Waals surface area contributed by atoms with Gasteiger partial charge < -0.3 is 14.6 Å². The van der Waals surface area contributed by atoms with Crippen molar-refractivity contribution in [2.75, 3.05) is 7.11 Å². The van der Waals surface area contributed by atoms with Gasteiger partial charge in [0.1, 0.15) is 6.67 Å². The van der Waals surface area contributed by atoms with Crippen LogP contribution in [0.25, 0.3) is 16.8 Å². The van der Waals surface area contributed by atoms with Crippen LogP contribution in [0.1, 0.15) is 17.4 Å². The van der Waals surface area contributed by atoms with E-state index in [1.165, 1.54) is 35.8 Å². The number of hydrogen-bond acceptors (Lipinski definition) is 7. The third kappa shape index (κ3) is 3.53. The first-order valence-electron chi connectivity index (χ1n) is 7.54. The molecule has 3 rings (SSSR count). The third-order valence-electron chi connectivity index (χ3n) is 3.51. The van der Waals surface area contributed by atoms with Gasteiger partial charge >= 0.3 is 11.6 Å². The Morgan fingerprint density at radius 3 is 2.62 bits per heavy atom. The molecule has 0 radical (unpaired) electrons. The molecule has 3 aromatic rings. The zero-order valence-electron chi connectivity index (χ0n) is 14.0. The highest BCUT2D eigenvalue weighted by molar-refractivity contribution is 5.86. The number of hydrogen-bond donors (Lipinski definition) is 1. The van der Waals surface area contributed by atoms with Crippen LogP contribution in [0.15, 0.2) is 46.0 Å². The van der Waals surface area contributed by atoms with Gasteiger partial charge in [0.15, 0.2) is 5.69 Å². The maximum atomic E-state index is 12.0. The summed E-state index contributed by atoms with van der Waals surface area (Å²) >= 11 is 0. The standard InChI is InChI=1S/C16H15N5O5/c1-10(22)17-9-20-7-13(15(23)26-20)11-3-5-12(6-4-11)21-8-14(18-19-21)16(24)25-2/h3-8H,9H2,1-2H3,(H,17,22). The first kappa shape index (κ1) is 17.1. The highest BCUT2D eigenvalue weighted by Gasteiger charge is 2.13. The van der Waals surface area contributed by atoms with E-state index >= 15 is 0 Å². The Hall–Kier alpha value is -3.69. The molecule has 0 atom stereocenters. The lowest BCUT2D eigenvalue weighted by Crippen LogP contribution is -2.22. The molecule has 0 saturated heterocycles. The van der Waals surface area contributed by atoms with Crippen molar-refractivity contribution in [3.63, 3.8) is 0 Å². The number of benzene rings is 1. The summed E-state index contributed by atoms with van der Waals surface area (Å²) in [5.41, 5.74) is 1.22. The molecule has 2 aromatic heterocycles. The molecule has 10 heteroatoms. The minimum atomic E-state index is -0.578. The Morgan fingerprint density at radius 1 is 1.23 bits per heavy atom. The largest absolute Gasteiger partial charge is 0.464 e. The van der Waals surface area contributed by atoms with E-state index in [0.717, 1.165) is 0 Å². The van der Waals surface area contributed by atoms with Gasteiger partial charge in [0.2, 0.25) is 5.91 Å². The Kier molecular flexibility index (Phi) is 4.65. The monoisotopic (exact) mass is 357 g/mol. The van der Waals surface area contributed by atoms with Crippen molar-refractivity contribution in [1.29, 1.82) is 0 Å². The number of nitrogens with zero attached hydrogens (tertiary/aromatic N) is 4. The van der Waals surface area contributed by atoms with E-state index < -0.39 is 11.6 Å². The number of amides is 1. The summed E-state index contributed by atoms with van der Waals surface area (Å²) in [6.07, 6.45) is 2.96. The molecule has 1 N–H and O–H groups in total. The van der Waals surface area contributed by atoms with Gasteiger partial charge in [-0.15, -0.1) is 5.10 Å². The second-order valence-corrected chi connectivity index (χ2v) is 5.32. The van der Waals surface area contributed by atoms with E-state index in [2.05, 4.69) is 20.4 Å². The molecule has 0 spiro atoms. The first-order valence-corrected chi connectivity index (χ1v) is 7.54. The normalized spacial score (nSPS) is 10.5. The van der Waals surface area contributed by atoms with Crippen LogP contribution in [0.2, 0.25) is 0 Å². The number of methoxy groups -OCH3 is 1. The summed E-state index contributed by atoms with van der Waals surface area (Å²) in [4.78, 5) is 34.3. The highest BCUT2D eigenvalue weighted by Crippen LogP contribution is 2.18. The molecule has 0 aliphatic rings. The maximum absolute atomic E-state index is 12.0. The fraction of sp³-hybridized carbons (Fsp3) is 0.188. The summed E-state index contributed by atoms with van der Waals surface area (Å²) < 4.78 is 12.3. The Labute approximate surface area is 146 Å². The van der Waals surface area contributed by atoms with Crippen LogP contribution < -0.4 is 10.9 Å². The van der Waals surface area contributed by atoms with Gasteiger partial charge in [0, 0.05) is 6.92 Å². The molecule has 0 bridgehead atoms. The Morgan fingerprint density at radius 2 is 1.96 bits per heavy atom. The summed E-state index contributed by atoms with van der Waals surface area (Å²) in [5, 5.41) is 10.1. The van der Waals surface area contributed by atoms with Gasteiger partial charge in [-0.3, -0.25) is 4.79 Å². The lowest BCUT2D eigenvalue weighted by atomic mass is 10.1. The summed E-state index contributed by atoms with van der Waals surface area (Å²) in [6, 6.07) is 6.86. The number of rotatable bonds is 5. The maximum Gasteiger partial charge on any atom is 0.365 e. The molecule has 0 fully saturated rings. The predicted octanol–water partition coefficient (Wildman–Crippen LogP) is 0.569. The number of nitrogens with one attached hydrogen (secondary N) is 1. The molecule has 1 amide bonds. The van der Waals surface area contributed by atoms with Gasteiger partial charge in [-0.1, -0.05) is 17.3 Å². The quantitative estimate of drug-likeness (QED) is 0.663. The summed E-state index contributed by atoms with van der Waals surface area (Å²) in [5.74, 6) is -0.808. The average molecular weight is 357 g/mol. The van der Waals surface area contributed by atoms with Crippen molar-refractivity contribution in [2.24, 2.45) is 0 Å². The van der Waals surface area contributed by atoms with E-state index in [1.54, 1.807) is 24.3 Å². The van der Waals surface area contributed by atoms with Crippen molar-refractivity contribution in [1.82, 2.24) is 25.1 Å². The fourth-order valence-electron chi connectivity index (χ4n) is 2.22. The lowest BCUT2D eigenvalue weighted by molar-refractivity contribution is -0.119. The Bertz CT molecular complexity index is 999. The molecule has 0 unspecified atom stereocenters.